The fraction of sp³-hybridized carbons (Fsp3) is 0.926. The van der Waals surface area contributed by atoms with E-state index < -0.39 is 0 Å². The topological polar surface area (TPSA) is 20.2 Å². The summed E-state index contributed by atoms with van der Waals surface area (Å²) >= 11 is 0. The van der Waals surface area contributed by atoms with Crippen molar-refractivity contribution in [2.75, 3.05) is 0 Å². The number of rotatable bonds is 5. The van der Waals surface area contributed by atoms with Crippen LogP contribution in [0.3, 0.4) is 0 Å². The summed E-state index contributed by atoms with van der Waals surface area (Å²) < 4.78 is 0. The molecule has 4 aliphatic rings. The molecule has 7 unspecified atom stereocenters. The molecular formula is C27H46O. The summed E-state index contributed by atoms with van der Waals surface area (Å²) in [5.74, 6) is 5.52. The molecule has 1 N–H and O–H groups in total. The normalized spacial score (nSPS) is 46.5. The second-order valence-corrected chi connectivity index (χ2v) is 12.2. The molecule has 0 spiro atoms. The highest BCUT2D eigenvalue weighted by Gasteiger charge is 2.59. The summed E-state index contributed by atoms with van der Waals surface area (Å²) in [6.45, 7) is 12.6. The minimum atomic E-state index is -0.170. The van der Waals surface area contributed by atoms with Gasteiger partial charge >= 0.3 is 0 Å². The molecule has 0 heterocycles. The average molecular weight is 387 g/mol. The summed E-state index contributed by atoms with van der Waals surface area (Å²) in [6, 6.07) is 0. The van der Waals surface area contributed by atoms with Crippen LogP contribution in [-0.2, 0) is 0 Å². The van der Waals surface area contributed by atoms with Crippen LogP contribution in [0.25, 0.3) is 0 Å². The first-order chi connectivity index (χ1) is 13.3. The molecule has 3 saturated carbocycles. The molecule has 4 aliphatic carbocycles. The lowest BCUT2D eigenvalue weighted by atomic mass is 9.46. The maximum absolute atomic E-state index is 10.2. The van der Waals surface area contributed by atoms with E-state index in [2.05, 4.69) is 40.7 Å². The Morgan fingerprint density at radius 3 is 2.50 bits per heavy atom. The first kappa shape index (κ1) is 21.0. The zero-order valence-electron chi connectivity index (χ0n) is 19.3. The van der Waals surface area contributed by atoms with E-state index in [1.807, 2.05) is 0 Å². The molecule has 8 atom stereocenters. The molecule has 0 aromatic carbocycles. The largest absolute Gasteiger partial charge is 0.389 e. The predicted octanol–water partition coefficient (Wildman–Crippen LogP) is 7.39. The van der Waals surface area contributed by atoms with Gasteiger partial charge in [-0.25, -0.2) is 0 Å². The van der Waals surface area contributed by atoms with Crippen molar-refractivity contribution in [2.24, 2.45) is 46.3 Å². The quantitative estimate of drug-likeness (QED) is 0.488. The predicted molar refractivity (Wildman–Crippen MR) is 119 cm³/mol. The maximum atomic E-state index is 10.2. The molecule has 1 heteroatoms. The lowest BCUT2D eigenvalue weighted by molar-refractivity contribution is -0.0626. The van der Waals surface area contributed by atoms with Crippen LogP contribution >= 0.6 is 0 Å². The first-order valence-corrected chi connectivity index (χ1v) is 12.6. The van der Waals surface area contributed by atoms with Crippen molar-refractivity contribution in [2.45, 2.75) is 111 Å². The lowest BCUT2D eigenvalue weighted by Crippen LogP contribution is -2.51. The molecule has 3 fully saturated rings. The van der Waals surface area contributed by atoms with Gasteiger partial charge in [0.25, 0.3) is 0 Å². The molecule has 0 aliphatic heterocycles. The summed E-state index contributed by atoms with van der Waals surface area (Å²) in [6.07, 6.45) is 17.1. The van der Waals surface area contributed by atoms with Crippen LogP contribution in [0.15, 0.2) is 11.6 Å². The standard InChI is InChI=1S/C27H46O/c1-18(2)7-6-8-19(3)23-11-12-24-22-10-9-20-17-21(28)13-15-26(20,4)25(22)14-16-27(23,24)5/h17-19,21-25,28H,6-16H2,1-5H3/t19-,21?,22?,23?,24?,25?,26?,27?/m1/s1. The number of fused-ring (bicyclic) bond motifs is 5. The Bertz CT molecular complexity index is 591. The molecule has 0 aromatic rings. The van der Waals surface area contributed by atoms with Crippen LogP contribution < -0.4 is 0 Å². The second kappa shape index (κ2) is 7.75. The third-order valence-electron chi connectivity index (χ3n) is 10.3. The number of hydrogen-bond acceptors (Lipinski definition) is 1. The average Bonchev–Trinajstić information content (AvgIpc) is 2.99. The Morgan fingerprint density at radius 2 is 1.75 bits per heavy atom. The Labute approximate surface area is 174 Å². The molecular weight excluding hydrogens is 340 g/mol. The molecule has 0 aromatic heterocycles. The SMILES string of the molecule is CC(C)CCC[C@@H](C)C1CCC2C3CCC4=CC(O)CCC4(C)C3CCC21C. The van der Waals surface area contributed by atoms with Crippen molar-refractivity contribution < 1.29 is 5.11 Å². The van der Waals surface area contributed by atoms with Gasteiger partial charge in [0.05, 0.1) is 6.10 Å². The van der Waals surface area contributed by atoms with Crippen molar-refractivity contribution in [1.29, 1.82) is 0 Å². The van der Waals surface area contributed by atoms with Crippen LogP contribution in [0, 0.1) is 46.3 Å². The molecule has 0 radical (unpaired) electrons. The molecule has 1 nitrogen and oxygen atoms in total. The van der Waals surface area contributed by atoms with Gasteiger partial charge < -0.3 is 5.11 Å². The minimum absolute atomic E-state index is 0.170. The Kier molecular flexibility index (Phi) is 5.80. The minimum Gasteiger partial charge on any atom is -0.389 e. The van der Waals surface area contributed by atoms with Crippen molar-refractivity contribution in [1.82, 2.24) is 0 Å². The molecule has 28 heavy (non-hydrogen) atoms. The van der Waals surface area contributed by atoms with Crippen LogP contribution in [0.5, 0.6) is 0 Å². The van der Waals surface area contributed by atoms with Crippen molar-refractivity contribution in [3.8, 4) is 0 Å². The van der Waals surface area contributed by atoms with E-state index in [1.165, 1.54) is 64.2 Å². The molecule has 160 valence electrons. The summed E-state index contributed by atoms with van der Waals surface area (Å²) in [5, 5.41) is 10.2. The number of allylic oxidation sites excluding steroid dienone is 1. The Morgan fingerprint density at radius 1 is 0.964 bits per heavy atom. The van der Waals surface area contributed by atoms with E-state index in [0.29, 0.717) is 10.8 Å². The number of aliphatic hydroxyl groups excluding tert-OH is 1. The van der Waals surface area contributed by atoms with Crippen molar-refractivity contribution in [3.05, 3.63) is 11.6 Å². The zero-order chi connectivity index (χ0) is 20.1. The smallest absolute Gasteiger partial charge is 0.0724 e. The number of aliphatic hydroxyl groups is 1. The van der Waals surface area contributed by atoms with Crippen molar-refractivity contribution >= 4 is 0 Å². The zero-order valence-corrected chi connectivity index (χ0v) is 19.3. The fourth-order valence-electron chi connectivity index (χ4n) is 8.73. The fourth-order valence-corrected chi connectivity index (χ4v) is 8.73. The Hall–Kier alpha value is -0.300. The second-order valence-electron chi connectivity index (χ2n) is 12.2. The van der Waals surface area contributed by atoms with Gasteiger partial charge in [-0.2, -0.15) is 0 Å². The van der Waals surface area contributed by atoms with Gasteiger partial charge in [-0.15, -0.1) is 0 Å². The third kappa shape index (κ3) is 3.42. The summed E-state index contributed by atoms with van der Waals surface area (Å²) in [7, 11) is 0. The van der Waals surface area contributed by atoms with E-state index in [1.54, 1.807) is 5.57 Å². The van der Waals surface area contributed by atoms with Crippen molar-refractivity contribution in [3.63, 3.8) is 0 Å². The van der Waals surface area contributed by atoms with Crippen LogP contribution in [0.1, 0.15) is 105 Å². The van der Waals surface area contributed by atoms with E-state index in [9.17, 15) is 5.11 Å². The van der Waals surface area contributed by atoms with Gasteiger partial charge in [0.15, 0.2) is 0 Å². The third-order valence-corrected chi connectivity index (χ3v) is 10.3. The van der Waals surface area contributed by atoms with Gasteiger partial charge in [0.1, 0.15) is 0 Å². The highest BCUT2D eigenvalue weighted by molar-refractivity contribution is 5.25. The molecule has 4 rings (SSSR count). The van der Waals surface area contributed by atoms with Gasteiger partial charge in [0.2, 0.25) is 0 Å². The van der Waals surface area contributed by atoms with Gasteiger partial charge in [-0.05, 0) is 97.7 Å². The molecule has 0 amide bonds. The monoisotopic (exact) mass is 386 g/mol. The highest BCUT2D eigenvalue weighted by atomic mass is 16.3. The van der Waals surface area contributed by atoms with Crippen LogP contribution in [-0.4, -0.2) is 11.2 Å². The number of hydrogen-bond donors (Lipinski definition) is 1. The van der Waals surface area contributed by atoms with E-state index in [-0.39, 0.29) is 6.10 Å². The Balaban J connectivity index is 1.48. The molecule has 0 bridgehead atoms. The summed E-state index contributed by atoms with van der Waals surface area (Å²) in [4.78, 5) is 0. The van der Waals surface area contributed by atoms with Crippen LogP contribution in [0.2, 0.25) is 0 Å². The lowest BCUT2D eigenvalue weighted by Gasteiger charge is -2.59. The summed E-state index contributed by atoms with van der Waals surface area (Å²) in [5.41, 5.74) is 2.61. The highest BCUT2D eigenvalue weighted by Crippen LogP contribution is 2.67. The van der Waals surface area contributed by atoms with Gasteiger partial charge in [-0.1, -0.05) is 65.5 Å². The van der Waals surface area contributed by atoms with Gasteiger partial charge in [0, 0.05) is 0 Å². The van der Waals surface area contributed by atoms with Crippen LogP contribution in [0.4, 0.5) is 0 Å². The van der Waals surface area contributed by atoms with E-state index >= 15 is 0 Å². The first-order valence-electron chi connectivity index (χ1n) is 12.6. The van der Waals surface area contributed by atoms with E-state index in [0.717, 1.165) is 41.9 Å². The maximum Gasteiger partial charge on any atom is 0.0724 e. The van der Waals surface area contributed by atoms with Gasteiger partial charge in [-0.3, -0.25) is 0 Å². The molecule has 0 saturated heterocycles. The van der Waals surface area contributed by atoms with E-state index in [4.69, 9.17) is 0 Å².